The van der Waals surface area contributed by atoms with Crippen LogP contribution in [0.25, 0.3) is 11.2 Å². The molecule has 1 aliphatic heterocycles. The zero-order chi connectivity index (χ0) is 21.0. The maximum atomic E-state index is 12.0. The molecule has 8 N–H and O–H groups in total. The zero-order valence-electron chi connectivity index (χ0n) is 15.3. The van der Waals surface area contributed by atoms with Crippen LogP contribution in [0.4, 0.5) is 5.82 Å². The van der Waals surface area contributed by atoms with Gasteiger partial charge >= 0.3 is 0 Å². The molecule has 4 atom stereocenters. The van der Waals surface area contributed by atoms with Gasteiger partial charge in [-0.2, -0.15) is 0 Å². The largest absolute Gasteiger partial charge is 0.510 e. The molecule has 1 saturated heterocycles. The monoisotopic (exact) mass is 406 g/mol. The molecule has 3 heterocycles. The van der Waals surface area contributed by atoms with E-state index in [1.54, 1.807) is 0 Å². The second-order valence-corrected chi connectivity index (χ2v) is 6.39. The molecule has 3 rings (SSSR count). The quantitative estimate of drug-likeness (QED) is 0.249. The highest BCUT2D eigenvalue weighted by atomic mass is 16.5. The van der Waals surface area contributed by atoms with Crippen LogP contribution in [0.3, 0.4) is 0 Å². The molecule has 2 amide bonds. The van der Waals surface area contributed by atoms with E-state index in [-0.39, 0.29) is 25.3 Å². The molecule has 0 radical (unpaired) electrons. The zero-order valence-corrected chi connectivity index (χ0v) is 15.3. The van der Waals surface area contributed by atoms with Crippen molar-refractivity contribution in [2.75, 3.05) is 18.4 Å². The Labute approximate surface area is 164 Å². The van der Waals surface area contributed by atoms with Crippen LogP contribution >= 0.6 is 0 Å². The Balaban J connectivity index is 1.67. The number of imidazole rings is 1. The summed E-state index contributed by atoms with van der Waals surface area (Å²) in [5.41, 5.74) is 6.12. The number of nitrogens with zero attached hydrogens (tertiary/aromatic N) is 3. The number of aromatic nitrogens is 4. The first-order chi connectivity index (χ1) is 13.9. The minimum atomic E-state index is -1.05. The summed E-state index contributed by atoms with van der Waals surface area (Å²) in [6.45, 7) is 2.93. The molecule has 13 heteroatoms. The summed E-state index contributed by atoms with van der Waals surface area (Å²) in [4.78, 5) is 38.2. The number of anilines is 1. The van der Waals surface area contributed by atoms with Gasteiger partial charge in [0, 0.05) is 6.42 Å². The second kappa shape index (κ2) is 8.81. The van der Waals surface area contributed by atoms with Crippen LogP contribution in [-0.2, 0) is 14.3 Å². The van der Waals surface area contributed by atoms with Gasteiger partial charge in [-0.25, -0.2) is 15.0 Å². The van der Waals surface area contributed by atoms with Crippen molar-refractivity contribution in [2.45, 2.75) is 30.9 Å². The van der Waals surface area contributed by atoms with Crippen molar-refractivity contribution in [3.63, 3.8) is 0 Å². The highest BCUT2D eigenvalue weighted by Gasteiger charge is 2.40. The number of aliphatic hydroxyl groups excluding tert-OH is 2. The molecule has 29 heavy (non-hydrogen) atoms. The number of hydrogen-bond donors (Lipinski definition) is 7. The molecule has 0 saturated carbocycles. The molecule has 0 aliphatic carbocycles. The Morgan fingerprint density at radius 2 is 2.14 bits per heavy atom. The highest BCUT2D eigenvalue weighted by Crippen LogP contribution is 2.26. The Morgan fingerprint density at radius 3 is 2.86 bits per heavy atom. The number of rotatable bonds is 7. The summed E-state index contributed by atoms with van der Waals surface area (Å²) >= 11 is 0. The predicted octanol–water partition coefficient (Wildman–Crippen LogP) is -2.13. The van der Waals surface area contributed by atoms with Gasteiger partial charge in [-0.05, 0) is 0 Å². The molecule has 0 bridgehead atoms. The Hall–Kier alpha value is -3.29. The number of nitrogens with one attached hydrogen (secondary N) is 4. The van der Waals surface area contributed by atoms with Crippen LogP contribution in [0.1, 0.15) is 6.42 Å². The number of ether oxygens (including phenoxy) is 1. The van der Waals surface area contributed by atoms with Crippen LogP contribution < -0.4 is 21.7 Å². The third-order valence-electron chi connectivity index (χ3n) is 4.31. The second-order valence-electron chi connectivity index (χ2n) is 6.39. The molecule has 0 aromatic carbocycles. The normalized spacial score (nSPS) is 24.1. The topological polar surface area (TPSA) is 200 Å². The maximum Gasteiger partial charge on any atom is 0.239 e. The average molecular weight is 406 g/mol. The molecule has 156 valence electrons. The van der Waals surface area contributed by atoms with Crippen LogP contribution in [0.15, 0.2) is 25.0 Å². The van der Waals surface area contributed by atoms with Crippen molar-refractivity contribution in [2.24, 2.45) is 5.73 Å². The first-order valence-electron chi connectivity index (χ1n) is 8.77. The lowest BCUT2D eigenvalue weighted by Crippen LogP contribution is -2.58. The summed E-state index contributed by atoms with van der Waals surface area (Å²) in [6, 6.07) is -0.764. The molecule has 0 unspecified atom stereocenters. The van der Waals surface area contributed by atoms with Crippen molar-refractivity contribution in [1.82, 2.24) is 30.6 Å². The van der Waals surface area contributed by atoms with Gasteiger partial charge in [-0.15, -0.1) is 0 Å². The summed E-state index contributed by atoms with van der Waals surface area (Å²) < 4.78 is 5.72. The number of carbonyl (C=O) groups excluding carboxylic acids is 2. The summed E-state index contributed by atoms with van der Waals surface area (Å²) in [7, 11) is 0. The van der Waals surface area contributed by atoms with Crippen molar-refractivity contribution >= 4 is 28.8 Å². The number of carbonyl (C=O) groups is 2. The fourth-order valence-corrected chi connectivity index (χ4v) is 2.94. The third-order valence-corrected chi connectivity index (χ3v) is 4.31. The van der Waals surface area contributed by atoms with Crippen LogP contribution in [0.2, 0.25) is 0 Å². The lowest BCUT2D eigenvalue weighted by atomic mass is 9.97. The predicted molar refractivity (Wildman–Crippen MR) is 100 cm³/mol. The van der Waals surface area contributed by atoms with Gasteiger partial charge < -0.3 is 41.6 Å². The first kappa shape index (κ1) is 20.4. The van der Waals surface area contributed by atoms with Crippen molar-refractivity contribution < 1.29 is 24.5 Å². The number of amides is 2. The molecular weight excluding hydrogens is 384 g/mol. The van der Waals surface area contributed by atoms with Gasteiger partial charge in [0.05, 0.1) is 25.5 Å². The van der Waals surface area contributed by atoms with Gasteiger partial charge in [0.25, 0.3) is 0 Å². The number of aromatic amines is 1. The van der Waals surface area contributed by atoms with Crippen molar-refractivity contribution in [3.8, 4) is 0 Å². The van der Waals surface area contributed by atoms with Gasteiger partial charge in [0.1, 0.15) is 29.8 Å². The van der Waals surface area contributed by atoms with Crippen molar-refractivity contribution in [3.05, 3.63) is 25.0 Å². The molecular formula is C16H22N8O5. The fourth-order valence-electron chi connectivity index (χ4n) is 2.94. The average Bonchev–Trinajstić information content (AvgIpc) is 3.17. The summed E-state index contributed by atoms with van der Waals surface area (Å²) in [5.74, 6) is -0.983. The number of fused-ring (bicyclic) bond motifs is 1. The standard InChI is InChI=1S/C16H22N8O5/c1-7(25)13-8(23-11(28)4-18-10(27)3-17)2-9(26)16(29-13)24-15-12-14(20-5-19-12)21-6-22-15/h5-6,8-9,13,16,25-26H,1-4,17H2,(H,18,27)(H,23,28)(H2,19,20,21,22,24)/t8-,9+,13+,16+/m1/s1. The van der Waals surface area contributed by atoms with E-state index in [0.29, 0.717) is 17.0 Å². The summed E-state index contributed by atoms with van der Waals surface area (Å²) in [5, 5.41) is 28.3. The fraction of sp³-hybridized carbons (Fsp3) is 0.438. The molecule has 2 aromatic heterocycles. The van der Waals surface area contributed by atoms with E-state index in [2.05, 4.69) is 42.5 Å². The van der Waals surface area contributed by atoms with E-state index >= 15 is 0 Å². The SMILES string of the molecule is C=C(O)[C@@H]1O[C@H](Nc2ncnc3nc[nH]c23)[C@@H](O)C[C@H]1NC(=O)CNC(=O)CN. The minimum absolute atomic E-state index is 0.0513. The Morgan fingerprint density at radius 1 is 1.34 bits per heavy atom. The third kappa shape index (κ3) is 4.77. The van der Waals surface area contributed by atoms with E-state index in [0.717, 1.165) is 0 Å². The molecule has 1 aliphatic rings. The van der Waals surface area contributed by atoms with E-state index in [4.69, 9.17) is 10.5 Å². The minimum Gasteiger partial charge on any atom is -0.510 e. The van der Waals surface area contributed by atoms with E-state index in [1.165, 1.54) is 12.7 Å². The van der Waals surface area contributed by atoms with Gasteiger partial charge in [-0.1, -0.05) is 6.58 Å². The smallest absolute Gasteiger partial charge is 0.239 e. The van der Waals surface area contributed by atoms with Crippen LogP contribution in [-0.4, -0.2) is 79.5 Å². The van der Waals surface area contributed by atoms with Crippen LogP contribution in [0, 0.1) is 0 Å². The lowest BCUT2D eigenvalue weighted by Gasteiger charge is -2.39. The molecule has 0 spiro atoms. The summed E-state index contributed by atoms with van der Waals surface area (Å²) in [6.07, 6.45) is -0.185. The van der Waals surface area contributed by atoms with Gasteiger partial charge in [0.2, 0.25) is 11.8 Å². The van der Waals surface area contributed by atoms with E-state index in [9.17, 15) is 19.8 Å². The van der Waals surface area contributed by atoms with Crippen LogP contribution in [0.5, 0.6) is 0 Å². The number of hydrogen-bond acceptors (Lipinski definition) is 10. The Bertz CT molecular complexity index is 902. The lowest BCUT2D eigenvalue weighted by molar-refractivity contribution is -0.134. The molecule has 13 nitrogen and oxygen atoms in total. The van der Waals surface area contributed by atoms with Gasteiger partial charge in [-0.3, -0.25) is 9.59 Å². The number of aliphatic hydroxyl groups is 2. The van der Waals surface area contributed by atoms with Gasteiger partial charge in [0.15, 0.2) is 17.7 Å². The maximum absolute atomic E-state index is 12.0. The number of nitrogens with two attached hydrogens (primary N) is 1. The van der Waals surface area contributed by atoms with E-state index in [1.807, 2.05) is 0 Å². The first-order valence-corrected chi connectivity index (χ1v) is 8.77. The molecule has 2 aromatic rings. The molecule has 1 fully saturated rings. The number of H-pyrrole nitrogens is 1. The Kier molecular flexibility index (Phi) is 6.21. The van der Waals surface area contributed by atoms with E-state index < -0.39 is 36.3 Å². The van der Waals surface area contributed by atoms with Crippen molar-refractivity contribution in [1.29, 1.82) is 0 Å². The highest BCUT2D eigenvalue weighted by molar-refractivity contribution is 5.85.